The molecule has 0 aliphatic heterocycles. The Morgan fingerprint density at radius 2 is 1.77 bits per heavy atom. The molecule has 1 unspecified atom stereocenters. The van der Waals surface area contributed by atoms with Gasteiger partial charge in [0.25, 0.3) is 5.89 Å². The highest BCUT2D eigenvalue weighted by molar-refractivity contribution is 5.68. The number of hydrogen-bond acceptors (Lipinski definition) is 6. The number of carbonyl (C=O) groups is 1. The molecular weight excluding hydrogens is 382 g/mol. The Morgan fingerprint density at radius 1 is 1.10 bits per heavy atom. The van der Waals surface area contributed by atoms with Crippen molar-refractivity contribution in [3.8, 4) is 0 Å². The SMILES string of the molecule is CC(C)[C@H](NC(=O)OCc1ccccc1)C(O)c1noc(C=Cc2ccccc2)n1. The Balaban J connectivity index is 1.61. The topological polar surface area (TPSA) is 97.5 Å². The molecule has 0 fully saturated rings. The van der Waals surface area contributed by atoms with Gasteiger partial charge >= 0.3 is 6.09 Å². The molecule has 7 heteroatoms. The second-order valence-electron chi connectivity index (χ2n) is 7.16. The quantitative estimate of drug-likeness (QED) is 0.580. The molecule has 1 heterocycles. The number of ether oxygens (including phenoxy) is 1. The summed E-state index contributed by atoms with van der Waals surface area (Å²) < 4.78 is 10.4. The smallest absolute Gasteiger partial charge is 0.407 e. The number of aliphatic hydroxyl groups is 1. The van der Waals surface area contributed by atoms with Gasteiger partial charge in [-0.3, -0.25) is 0 Å². The first kappa shape index (κ1) is 21.3. The molecule has 156 valence electrons. The zero-order valence-corrected chi connectivity index (χ0v) is 16.9. The summed E-state index contributed by atoms with van der Waals surface area (Å²) in [4.78, 5) is 16.4. The maximum Gasteiger partial charge on any atom is 0.407 e. The van der Waals surface area contributed by atoms with Gasteiger partial charge in [0.2, 0.25) is 5.82 Å². The van der Waals surface area contributed by atoms with Crippen LogP contribution in [0.25, 0.3) is 12.2 Å². The van der Waals surface area contributed by atoms with Gasteiger partial charge in [0.05, 0.1) is 6.04 Å². The molecule has 2 aromatic carbocycles. The number of benzene rings is 2. The van der Waals surface area contributed by atoms with Crippen molar-refractivity contribution in [3.63, 3.8) is 0 Å². The first-order valence-electron chi connectivity index (χ1n) is 9.75. The predicted molar refractivity (Wildman–Crippen MR) is 113 cm³/mol. The fourth-order valence-electron chi connectivity index (χ4n) is 2.84. The third-order valence-corrected chi connectivity index (χ3v) is 4.50. The van der Waals surface area contributed by atoms with Gasteiger partial charge in [-0.1, -0.05) is 79.7 Å². The normalized spacial score (nSPS) is 13.3. The molecule has 2 atom stereocenters. The summed E-state index contributed by atoms with van der Waals surface area (Å²) in [6.45, 7) is 3.90. The lowest BCUT2D eigenvalue weighted by molar-refractivity contribution is 0.0796. The Hall–Kier alpha value is -3.45. The monoisotopic (exact) mass is 407 g/mol. The molecule has 0 saturated carbocycles. The highest BCUT2D eigenvalue weighted by Crippen LogP contribution is 2.20. The average molecular weight is 407 g/mol. The molecule has 1 amide bonds. The van der Waals surface area contributed by atoms with Crippen LogP contribution in [-0.2, 0) is 11.3 Å². The van der Waals surface area contributed by atoms with Crippen molar-refractivity contribution in [2.24, 2.45) is 5.92 Å². The maximum atomic E-state index is 12.2. The minimum Gasteiger partial charge on any atom is -0.445 e. The van der Waals surface area contributed by atoms with Crippen molar-refractivity contribution in [1.29, 1.82) is 0 Å². The molecule has 0 bridgehead atoms. The Bertz CT molecular complexity index is 955. The second kappa shape index (κ2) is 10.4. The largest absolute Gasteiger partial charge is 0.445 e. The van der Waals surface area contributed by atoms with Crippen LogP contribution in [0.4, 0.5) is 4.79 Å². The van der Waals surface area contributed by atoms with E-state index >= 15 is 0 Å². The lowest BCUT2D eigenvalue weighted by atomic mass is 9.98. The van der Waals surface area contributed by atoms with Crippen LogP contribution in [0.1, 0.15) is 42.8 Å². The van der Waals surface area contributed by atoms with Crippen molar-refractivity contribution in [2.45, 2.75) is 32.6 Å². The molecule has 30 heavy (non-hydrogen) atoms. The van der Waals surface area contributed by atoms with Crippen LogP contribution in [0.3, 0.4) is 0 Å². The Kier molecular flexibility index (Phi) is 7.34. The molecule has 0 radical (unpaired) electrons. The van der Waals surface area contributed by atoms with Crippen LogP contribution < -0.4 is 5.32 Å². The summed E-state index contributed by atoms with van der Waals surface area (Å²) in [6, 6.07) is 18.4. The number of aromatic nitrogens is 2. The van der Waals surface area contributed by atoms with Crippen molar-refractivity contribution in [3.05, 3.63) is 83.5 Å². The van der Waals surface area contributed by atoms with Crippen molar-refractivity contribution in [2.75, 3.05) is 0 Å². The number of carbonyl (C=O) groups excluding carboxylic acids is 1. The van der Waals surface area contributed by atoms with Crippen LogP contribution in [0.15, 0.2) is 65.2 Å². The standard InChI is InChI=1S/C23H25N3O4/c1-16(2)20(25-23(28)29-15-18-11-7-4-8-12-18)21(27)22-24-19(30-26-22)14-13-17-9-5-3-6-10-17/h3-14,16,20-21,27H,15H2,1-2H3,(H,25,28)/t20-,21?/m0/s1. The minimum absolute atomic E-state index is 0.0916. The molecule has 2 N–H and O–H groups in total. The van der Waals surface area contributed by atoms with E-state index in [1.165, 1.54) is 0 Å². The van der Waals surface area contributed by atoms with Crippen LogP contribution in [-0.4, -0.2) is 27.4 Å². The number of hydrogen-bond donors (Lipinski definition) is 2. The number of aliphatic hydroxyl groups excluding tert-OH is 1. The number of nitrogens with one attached hydrogen (secondary N) is 1. The summed E-state index contributed by atoms with van der Waals surface area (Å²) in [5, 5.41) is 17.3. The summed E-state index contributed by atoms with van der Waals surface area (Å²) in [5.41, 5.74) is 1.86. The van der Waals surface area contributed by atoms with Gasteiger partial charge in [0, 0.05) is 6.08 Å². The van der Waals surface area contributed by atoms with Gasteiger partial charge in [-0.05, 0) is 23.1 Å². The third-order valence-electron chi connectivity index (χ3n) is 4.50. The number of alkyl carbamates (subject to hydrolysis) is 1. The van der Waals surface area contributed by atoms with E-state index in [0.717, 1.165) is 11.1 Å². The van der Waals surface area contributed by atoms with Gasteiger partial charge < -0.3 is 19.7 Å². The van der Waals surface area contributed by atoms with E-state index in [1.54, 1.807) is 6.08 Å². The molecule has 0 aliphatic carbocycles. The third kappa shape index (κ3) is 6.02. The fraction of sp³-hybridized carbons (Fsp3) is 0.261. The molecular formula is C23H25N3O4. The van der Waals surface area contributed by atoms with E-state index in [9.17, 15) is 9.90 Å². The van der Waals surface area contributed by atoms with E-state index in [1.807, 2.05) is 80.6 Å². The molecule has 1 aromatic heterocycles. The van der Waals surface area contributed by atoms with Crippen molar-refractivity contribution < 1.29 is 19.2 Å². The highest BCUT2D eigenvalue weighted by atomic mass is 16.5. The van der Waals surface area contributed by atoms with Gasteiger partial charge in [0.15, 0.2) is 0 Å². The first-order chi connectivity index (χ1) is 14.5. The summed E-state index contributed by atoms with van der Waals surface area (Å²) in [5.74, 6) is 0.276. The summed E-state index contributed by atoms with van der Waals surface area (Å²) >= 11 is 0. The molecule has 7 nitrogen and oxygen atoms in total. The molecule has 3 aromatic rings. The fourth-order valence-corrected chi connectivity index (χ4v) is 2.84. The van der Waals surface area contributed by atoms with E-state index in [4.69, 9.17) is 9.26 Å². The number of rotatable bonds is 8. The average Bonchev–Trinajstić information content (AvgIpc) is 3.24. The van der Waals surface area contributed by atoms with E-state index in [0.29, 0.717) is 0 Å². The summed E-state index contributed by atoms with van der Waals surface area (Å²) in [6.07, 6.45) is 1.74. The van der Waals surface area contributed by atoms with E-state index in [2.05, 4.69) is 15.5 Å². The molecule has 0 saturated heterocycles. The van der Waals surface area contributed by atoms with E-state index < -0.39 is 18.2 Å². The Morgan fingerprint density at radius 3 is 2.43 bits per heavy atom. The number of nitrogens with zero attached hydrogens (tertiary/aromatic N) is 2. The maximum absolute atomic E-state index is 12.2. The minimum atomic E-state index is -1.14. The summed E-state index contributed by atoms with van der Waals surface area (Å²) in [7, 11) is 0. The second-order valence-corrected chi connectivity index (χ2v) is 7.16. The zero-order valence-electron chi connectivity index (χ0n) is 16.9. The highest BCUT2D eigenvalue weighted by Gasteiger charge is 2.30. The predicted octanol–water partition coefficient (Wildman–Crippen LogP) is 4.22. The lowest BCUT2D eigenvalue weighted by Gasteiger charge is -2.25. The van der Waals surface area contributed by atoms with Crippen LogP contribution in [0.2, 0.25) is 0 Å². The Labute approximate surface area is 175 Å². The van der Waals surface area contributed by atoms with Gasteiger partial charge in [-0.2, -0.15) is 4.98 Å². The van der Waals surface area contributed by atoms with E-state index in [-0.39, 0.29) is 24.2 Å². The van der Waals surface area contributed by atoms with Crippen LogP contribution in [0.5, 0.6) is 0 Å². The van der Waals surface area contributed by atoms with Crippen molar-refractivity contribution >= 4 is 18.2 Å². The van der Waals surface area contributed by atoms with Crippen LogP contribution in [0, 0.1) is 5.92 Å². The number of amides is 1. The van der Waals surface area contributed by atoms with Gasteiger partial charge in [-0.25, -0.2) is 4.79 Å². The van der Waals surface area contributed by atoms with Crippen LogP contribution >= 0.6 is 0 Å². The molecule has 3 rings (SSSR count). The lowest BCUT2D eigenvalue weighted by Crippen LogP contribution is -2.43. The first-order valence-corrected chi connectivity index (χ1v) is 9.75. The molecule has 0 spiro atoms. The molecule has 0 aliphatic rings. The zero-order chi connectivity index (χ0) is 21.3. The van der Waals surface area contributed by atoms with Gasteiger partial charge in [-0.15, -0.1) is 0 Å². The van der Waals surface area contributed by atoms with Crippen molar-refractivity contribution in [1.82, 2.24) is 15.5 Å². The van der Waals surface area contributed by atoms with Gasteiger partial charge in [0.1, 0.15) is 12.7 Å².